The van der Waals surface area contributed by atoms with E-state index in [1.807, 2.05) is 31.2 Å². The van der Waals surface area contributed by atoms with E-state index in [-0.39, 0.29) is 23.3 Å². The summed E-state index contributed by atoms with van der Waals surface area (Å²) in [6.45, 7) is 1.65. The Morgan fingerprint density at radius 2 is 2.16 bits per heavy atom. The van der Waals surface area contributed by atoms with E-state index in [1.165, 1.54) is 0 Å². The molecule has 0 amide bonds. The first-order chi connectivity index (χ1) is 9.17. The molecule has 1 heterocycles. The predicted octanol–water partition coefficient (Wildman–Crippen LogP) is 2.75. The summed E-state index contributed by atoms with van der Waals surface area (Å²) in [5.41, 5.74) is 1.79. The fourth-order valence-corrected chi connectivity index (χ4v) is 2.50. The Labute approximate surface area is 110 Å². The van der Waals surface area contributed by atoms with Crippen LogP contribution in [0.2, 0.25) is 0 Å². The van der Waals surface area contributed by atoms with Crippen molar-refractivity contribution in [2.75, 3.05) is 6.54 Å². The summed E-state index contributed by atoms with van der Waals surface area (Å²) in [5.74, 6) is -0.710. The summed E-state index contributed by atoms with van der Waals surface area (Å²) in [7, 11) is 0. The first kappa shape index (κ1) is 13.3. The number of carbonyl (C=O) groups is 1. The van der Waals surface area contributed by atoms with Crippen LogP contribution >= 0.6 is 0 Å². The van der Waals surface area contributed by atoms with Gasteiger partial charge in [-0.2, -0.15) is 0 Å². The fraction of sp³-hybridized carbons (Fsp3) is 0.357. The van der Waals surface area contributed by atoms with Crippen molar-refractivity contribution in [1.29, 1.82) is 0 Å². The van der Waals surface area contributed by atoms with Gasteiger partial charge in [0.25, 0.3) is 0 Å². The maximum Gasteiger partial charge on any atom is 0.211 e. The number of carbonyl (C=O) groups excluding carboxylic acids is 1. The van der Waals surface area contributed by atoms with Crippen LogP contribution in [0.25, 0.3) is 10.9 Å². The molecule has 2 rings (SSSR count). The zero-order valence-electron chi connectivity index (χ0n) is 10.7. The van der Waals surface area contributed by atoms with Gasteiger partial charge >= 0.3 is 0 Å². The van der Waals surface area contributed by atoms with Gasteiger partial charge in [0.15, 0.2) is 0 Å². The van der Waals surface area contributed by atoms with Gasteiger partial charge in [0.2, 0.25) is 6.54 Å². The van der Waals surface area contributed by atoms with Crippen molar-refractivity contribution in [2.24, 2.45) is 5.92 Å². The summed E-state index contributed by atoms with van der Waals surface area (Å²) in [6.07, 6.45) is 3.21. The van der Waals surface area contributed by atoms with Gasteiger partial charge in [-0.3, -0.25) is 10.1 Å². The highest BCUT2D eigenvalue weighted by atomic mass is 16.6. The summed E-state index contributed by atoms with van der Waals surface area (Å²) < 4.78 is 0. The number of rotatable bonds is 6. The quantitative estimate of drug-likeness (QED) is 0.493. The Morgan fingerprint density at radius 3 is 2.79 bits per heavy atom. The molecule has 0 unspecified atom stereocenters. The van der Waals surface area contributed by atoms with Crippen LogP contribution in [0.15, 0.2) is 30.5 Å². The maximum atomic E-state index is 11.2. The second-order valence-electron chi connectivity index (χ2n) is 4.62. The zero-order valence-corrected chi connectivity index (χ0v) is 10.7. The molecule has 100 valence electrons. The highest BCUT2D eigenvalue weighted by Gasteiger charge is 2.28. The molecule has 1 aromatic carbocycles. The van der Waals surface area contributed by atoms with E-state index >= 15 is 0 Å². The van der Waals surface area contributed by atoms with E-state index in [4.69, 9.17) is 0 Å². The molecular formula is C14H16N2O3. The van der Waals surface area contributed by atoms with Crippen molar-refractivity contribution in [2.45, 2.75) is 19.3 Å². The second-order valence-corrected chi connectivity index (χ2v) is 4.62. The molecule has 0 saturated carbocycles. The third-order valence-electron chi connectivity index (χ3n) is 3.53. The molecular weight excluding hydrogens is 244 g/mol. The molecule has 2 aromatic rings. The van der Waals surface area contributed by atoms with Crippen molar-refractivity contribution < 1.29 is 9.72 Å². The lowest BCUT2D eigenvalue weighted by molar-refractivity contribution is -0.484. The first-order valence-corrected chi connectivity index (χ1v) is 6.30. The minimum absolute atomic E-state index is 0.223. The minimum Gasteiger partial charge on any atom is -0.361 e. The van der Waals surface area contributed by atoms with Gasteiger partial charge in [-0.25, -0.2) is 0 Å². The van der Waals surface area contributed by atoms with Gasteiger partial charge in [-0.05, 0) is 18.1 Å². The third-order valence-corrected chi connectivity index (χ3v) is 3.53. The summed E-state index contributed by atoms with van der Waals surface area (Å²) in [4.78, 5) is 24.8. The van der Waals surface area contributed by atoms with E-state index in [0.29, 0.717) is 6.42 Å². The molecule has 1 N–H and O–H groups in total. The van der Waals surface area contributed by atoms with Crippen molar-refractivity contribution in [1.82, 2.24) is 4.98 Å². The number of nitrogens with zero attached hydrogens (tertiary/aromatic N) is 1. The number of nitrogens with one attached hydrogen (secondary N) is 1. The molecule has 5 heteroatoms. The third kappa shape index (κ3) is 2.65. The van der Waals surface area contributed by atoms with Crippen molar-refractivity contribution >= 4 is 17.2 Å². The molecule has 0 bridgehead atoms. The molecule has 0 spiro atoms. The molecule has 0 aliphatic rings. The Morgan fingerprint density at radius 1 is 1.42 bits per heavy atom. The lowest BCUT2D eigenvalue weighted by atomic mass is 9.85. The van der Waals surface area contributed by atoms with Gasteiger partial charge in [0.05, 0.1) is 5.92 Å². The highest BCUT2D eigenvalue weighted by molar-refractivity contribution is 5.84. The van der Waals surface area contributed by atoms with Crippen LogP contribution in [0.4, 0.5) is 0 Å². The number of aldehydes is 1. The largest absolute Gasteiger partial charge is 0.361 e. The molecule has 1 aromatic heterocycles. The average Bonchev–Trinajstić information content (AvgIpc) is 2.82. The van der Waals surface area contributed by atoms with Crippen LogP contribution in [0.3, 0.4) is 0 Å². The second kappa shape index (κ2) is 5.65. The number of para-hydroxylation sites is 1. The number of hydrogen-bond donors (Lipinski definition) is 1. The van der Waals surface area contributed by atoms with E-state index in [1.54, 1.807) is 6.20 Å². The molecule has 0 radical (unpaired) electrons. The molecule has 5 nitrogen and oxygen atoms in total. The summed E-state index contributed by atoms with van der Waals surface area (Å²) >= 11 is 0. The Hall–Kier alpha value is -2.17. The summed E-state index contributed by atoms with van der Waals surface area (Å²) in [6, 6.07) is 7.64. The Balaban J connectivity index is 2.47. The smallest absolute Gasteiger partial charge is 0.211 e. The molecule has 0 aliphatic heterocycles. The van der Waals surface area contributed by atoms with E-state index in [9.17, 15) is 14.9 Å². The number of nitro groups is 1. The SMILES string of the molecule is CC[C@H](C=O)[C@@H](C[N+](=O)[O-])c1c[nH]c2ccccc12. The maximum absolute atomic E-state index is 11.2. The van der Waals surface area contributed by atoms with Gasteiger partial charge in [-0.15, -0.1) is 0 Å². The number of hydrogen-bond acceptors (Lipinski definition) is 3. The summed E-state index contributed by atoms with van der Waals surface area (Å²) in [5, 5.41) is 11.8. The standard InChI is InChI=1S/C14H16N2O3/c1-2-10(9-17)13(8-16(18)19)12-7-15-14-6-4-3-5-11(12)14/h3-7,9-10,13,15H,2,8H2,1H3/t10-,13-/m1/s1. The monoisotopic (exact) mass is 260 g/mol. The van der Waals surface area contributed by atoms with Gasteiger partial charge in [-0.1, -0.05) is 25.1 Å². The van der Waals surface area contributed by atoms with E-state index in [2.05, 4.69) is 4.98 Å². The normalized spacial score (nSPS) is 14.2. The average molecular weight is 260 g/mol. The molecule has 0 fully saturated rings. The number of H-pyrrole nitrogens is 1. The lowest BCUT2D eigenvalue weighted by Gasteiger charge is -2.17. The number of aromatic amines is 1. The van der Waals surface area contributed by atoms with Gasteiger partial charge < -0.3 is 9.78 Å². The van der Waals surface area contributed by atoms with Crippen LogP contribution in [0.1, 0.15) is 24.8 Å². The van der Waals surface area contributed by atoms with Crippen molar-refractivity contribution in [3.8, 4) is 0 Å². The molecule has 19 heavy (non-hydrogen) atoms. The first-order valence-electron chi connectivity index (χ1n) is 6.30. The van der Waals surface area contributed by atoms with Crippen molar-refractivity contribution in [3.05, 3.63) is 46.1 Å². The Kier molecular flexibility index (Phi) is 3.94. The van der Waals surface area contributed by atoms with Crippen LogP contribution in [-0.4, -0.2) is 22.7 Å². The number of benzene rings is 1. The van der Waals surface area contributed by atoms with Gasteiger partial charge in [0.1, 0.15) is 6.29 Å². The lowest BCUT2D eigenvalue weighted by Crippen LogP contribution is -2.21. The van der Waals surface area contributed by atoms with E-state index in [0.717, 1.165) is 22.8 Å². The van der Waals surface area contributed by atoms with Gasteiger partial charge in [0, 0.05) is 27.9 Å². The fourth-order valence-electron chi connectivity index (χ4n) is 2.50. The van der Waals surface area contributed by atoms with Crippen LogP contribution in [-0.2, 0) is 4.79 Å². The molecule has 0 aliphatic carbocycles. The topological polar surface area (TPSA) is 76.0 Å². The molecule has 2 atom stereocenters. The zero-order chi connectivity index (χ0) is 13.8. The van der Waals surface area contributed by atoms with E-state index < -0.39 is 0 Å². The Bertz CT molecular complexity index is 591. The minimum atomic E-state index is -0.381. The number of aromatic nitrogens is 1. The molecule has 0 saturated heterocycles. The van der Waals surface area contributed by atoms with Crippen LogP contribution in [0.5, 0.6) is 0 Å². The van der Waals surface area contributed by atoms with Crippen molar-refractivity contribution in [3.63, 3.8) is 0 Å². The van der Waals surface area contributed by atoms with Crippen LogP contribution in [0, 0.1) is 16.0 Å². The van der Waals surface area contributed by atoms with Crippen LogP contribution < -0.4 is 0 Å². The highest BCUT2D eigenvalue weighted by Crippen LogP contribution is 2.31. The number of fused-ring (bicyclic) bond motifs is 1. The predicted molar refractivity (Wildman–Crippen MR) is 72.7 cm³/mol.